The number of non-ortho nitro benzene ring substituents is 1. The van der Waals surface area contributed by atoms with Crippen LogP contribution in [-0.4, -0.2) is 32.9 Å². The summed E-state index contributed by atoms with van der Waals surface area (Å²) in [5.41, 5.74) is -0.443. The van der Waals surface area contributed by atoms with Crippen molar-refractivity contribution in [2.24, 2.45) is 10.2 Å². The second-order valence-corrected chi connectivity index (χ2v) is 7.98. The van der Waals surface area contributed by atoms with Crippen LogP contribution in [0.15, 0.2) is 58.7 Å². The topological polar surface area (TPSA) is 126 Å². The first-order valence-electron chi connectivity index (χ1n) is 9.35. The number of alkyl halides is 3. The van der Waals surface area contributed by atoms with Gasteiger partial charge in [0.15, 0.2) is 5.17 Å². The first kappa shape index (κ1) is 23.9. The molecule has 0 aromatic heterocycles. The molecular weight excluding hydrogens is 463 g/mol. The molecule has 1 fully saturated rings. The lowest BCUT2D eigenvalue weighted by molar-refractivity contribution is -0.384. The van der Waals surface area contributed by atoms with E-state index in [9.17, 15) is 32.9 Å². The molecule has 2 N–H and O–H groups in total. The van der Waals surface area contributed by atoms with Gasteiger partial charge in [0, 0.05) is 18.6 Å². The maximum atomic E-state index is 13.1. The van der Waals surface area contributed by atoms with E-state index in [-0.39, 0.29) is 17.3 Å². The predicted octanol–water partition coefficient (Wildman–Crippen LogP) is 3.95. The van der Waals surface area contributed by atoms with Crippen LogP contribution in [0.3, 0.4) is 0 Å². The highest BCUT2D eigenvalue weighted by Crippen LogP contribution is 2.34. The van der Waals surface area contributed by atoms with Gasteiger partial charge >= 0.3 is 6.18 Å². The van der Waals surface area contributed by atoms with Crippen molar-refractivity contribution in [3.05, 3.63) is 69.8 Å². The van der Waals surface area contributed by atoms with Crippen molar-refractivity contribution < 1.29 is 27.7 Å². The lowest BCUT2D eigenvalue weighted by Gasteiger charge is -2.14. The zero-order valence-electron chi connectivity index (χ0n) is 16.9. The Morgan fingerprint density at radius 3 is 2.52 bits per heavy atom. The van der Waals surface area contributed by atoms with Crippen molar-refractivity contribution in [1.82, 2.24) is 5.32 Å². The zero-order chi connectivity index (χ0) is 24.2. The quantitative estimate of drug-likeness (QED) is 0.369. The standard InChI is InChI=1S/C20H16F3N5O4S/c1-11(12-6-8-13(9-7-12)28(31)32)26-27-19-25-18(30)16(33-19)10-17(29)24-15-5-3-2-4-14(15)20(21,22)23/h2-9,16H,10H2,1H3,(H,24,29)(H,25,27,30)/b26-11-/t16-/m0/s1. The van der Waals surface area contributed by atoms with E-state index in [0.717, 1.165) is 23.9 Å². The van der Waals surface area contributed by atoms with Gasteiger partial charge in [-0.2, -0.15) is 18.3 Å². The number of thioether (sulfide) groups is 1. The number of carbonyl (C=O) groups excluding carboxylic acids is 2. The summed E-state index contributed by atoms with van der Waals surface area (Å²) >= 11 is 0.921. The number of nitrogens with one attached hydrogen (secondary N) is 2. The Kier molecular flexibility index (Phi) is 7.11. The molecule has 2 aromatic carbocycles. The number of para-hydroxylation sites is 1. The number of anilines is 1. The van der Waals surface area contributed by atoms with E-state index in [0.29, 0.717) is 11.3 Å². The normalized spacial score (nSPS) is 17.7. The van der Waals surface area contributed by atoms with Crippen LogP contribution in [0.25, 0.3) is 0 Å². The molecule has 1 atom stereocenters. The van der Waals surface area contributed by atoms with Gasteiger partial charge in [-0.25, -0.2) is 0 Å². The highest BCUT2D eigenvalue weighted by Gasteiger charge is 2.35. The smallest absolute Gasteiger partial charge is 0.325 e. The summed E-state index contributed by atoms with van der Waals surface area (Å²) in [5, 5.41) is 22.5. The van der Waals surface area contributed by atoms with E-state index in [1.165, 1.54) is 36.4 Å². The minimum atomic E-state index is -4.64. The molecule has 2 amide bonds. The van der Waals surface area contributed by atoms with E-state index in [1.54, 1.807) is 6.92 Å². The van der Waals surface area contributed by atoms with Gasteiger partial charge in [0.2, 0.25) is 11.8 Å². The minimum Gasteiger partial charge on any atom is -0.325 e. The fourth-order valence-electron chi connectivity index (χ4n) is 2.80. The second kappa shape index (κ2) is 9.81. The Bertz CT molecular complexity index is 1150. The summed E-state index contributed by atoms with van der Waals surface area (Å²) in [6.07, 6.45) is -5.00. The Hall–Kier alpha value is -3.74. The Balaban J connectivity index is 1.63. The fraction of sp³-hybridized carbons (Fsp3) is 0.200. The summed E-state index contributed by atoms with van der Waals surface area (Å²) in [6, 6.07) is 10.2. The minimum absolute atomic E-state index is 0.0737. The van der Waals surface area contributed by atoms with Gasteiger partial charge in [0.1, 0.15) is 5.25 Å². The van der Waals surface area contributed by atoms with Gasteiger partial charge in [0.25, 0.3) is 5.69 Å². The number of amidine groups is 1. The van der Waals surface area contributed by atoms with Crippen LogP contribution in [0.5, 0.6) is 0 Å². The number of hydrogen-bond acceptors (Lipinski definition) is 7. The molecule has 1 aliphatic heterocycles. The third-order valence-electron chi connectivity index (χ3n) is 4.44. The van der Waals surface area contributed by atoms with Gasteiger partial charge < -0.3 is 10.6 Å². The number of nitro benzene ring substituents is 1. The fourth-order valence-corrected chi connectivity index (χ4v) is 3.72. The summed E-state index contributed by atoms with van der Waals surface area (Å²) in [4.78, 5) is 34.6. The monoisotopic (exact) mass is 479 g/mol. The molecular formula is C20H16F3N5O4S. The van der Waals surface area contributed by atoms with Crippen LogP contribution in [0.1, 0.15) is 24.5 Å². The molecule has 0 saturated carbocycles. The summed E-state index contributed by atoms with van der Waals surface area (Å²) < 4.78 is 39.2. The third kappa shape index (κ3) is 6.16. The van der Waals surface area contributed by atoms with E-state index in [4.69, 9.17) is 0 Å². The van der Waals surface area contributed by atoms with E-state index < -0.39 is 39.4 Å². The molecule has 0 unspecified atom stereocenters. The summed E-state index contributed by atoms with van der Waals surface area (Å²) in [6.45, 7) is 1.62. The lowest BCUT2D eigenvalue weighted by Crippen LogP contribution is -2.28. The molecule has 172 valence electrons. The first-order chi connectivity index (χ1) is 15.5. The van der Waals surface area contributed by atoms with Gasteiger partial charge in [-0.1, -0.05) is 23.9 Å². The van der Waals surface area contributed by atoms with E-state index in [1.807, 2.05) is 0 Å². The van der Waals surface area contributed by atoms with Crippen molar-refractivity contribution in [1.29, 1.82) is 0 Å². The number of nitro groups is 1. The molecule has 13 heteroatoms. The number of halogens is 3. The Morgan fingerprint density at radius 1 is 1.21 bits per heavy atom. The first-order valence-corrected chi connectivity index (χ1v) is 10.2. The largest absolute Gasteiger partial charge is 0.418 e. The SMILES string of the molecule is C/C(=N/N=C1\NC(=O)[C@H](CC(=O)Nc2ccccc2C(F)(F)F)S1)c1ccc([N+](=O)[O-])cc1. The molecule has 0 radical (unpaired) electrons. The zero-order valence-corrected chi connectivity index (χ0v) is 17.7. The van der Waals surface area contributed by atoms with Crippen molar-refractivity contribution in [2.75, 3.05) is 5.32 Å². The maximum absolute atomic E-state index is 13.1. The number of amides is 2. The molecule has 3 rings (SSSR count). The average Bonchev–Trinajstić information content (AvgIpc) is 3.10. The van der Waals surface area contributed by atoms with Crippen molar-refractivity contribution in [3.8, 4) is 0 Å². The maximum Gasteiger partial charge on any atom is 0.418 e. The third-order valence-corrected chi connectivity index (χ3v) is 5.51. The summed E-state index contributed by atoms with van der Waals surface area (Å²) in [7, 11) is 0. The lowest BCUT2D eigenvalue weighted by atomic mass is 10.1. The number of hydrogen-bond donors (Lipinski definition) is 2. The van der Waals surface area contributed by atoms with Crippen LogP contribution in [-0.2, 0) is 15.8 Å². The molecule has 0 spiro atoms. The summed E-state index contributed by atoms with van der Waals surface area (Å²) in [5.74, 6) is -1.28. The molecule has 0 bridgehead atoms. The van der Waals surface area contributed by atoms with E-state index >= 15 is 0 Å². The predicted molar refractivity (Wildman–Crippen MR) is 117 cm³/mol. The van der Waals surface area contributed by atoms with Crippen LogP contribution in [0.4, 0.5) is 24.5 Å². The van der Waals surface area contributed by atoms with Gasteiger partial charge in [-0.05, 0) is 36.8 Å². The molecule has 33 heavy (non-hydrogen) atoms. The Labute approximate surface area is 189 Å². The second-order valence-electron chi connectivity index (χ2n) is 6.79. The van der Waals surface area contributed by atoms with Crippen molar-refractivity contribution in [2.45, 2.75) is 24.8 Å². The van der Waals surface area contributed by atoms with Crippen molar-refractivity contribution in [3.63, 3.8) is 0 Å². The average molecular weight is 479 g/mol. The van der Waals surface area contributed by atoms with Crippen molar-refractivity contribution >= 4 is 45.8 Å². The van der Waals surface area contributed by atoms with Crippen LogP contribution in [0.2, 0.25) is 0 Å². The number of benzene rings is 2. The van der Waals surface area contributed by atoms with Gasteiger partial charge in [-0.15, -0.1) is 5.10 Å². The van der Waals surface area contributed by atoms with E-state index in [2.05, 4.69) is 20.8 Å². The Morgan fingerprint density at radius 2 is 1.88 bits per heavy atom. The molecule has 1 saturated heterocycles. The highest BCUT2D eigenvalue weighted by molar-refractivity contribution is 8.15. The van der Waals surface area contributed by atoms with Gasteiger partial charge in [-0.3, -0.25) is 19.7 Å². The number of nitrogens with zero attached hydrogens (tertiary/aromatic N) is 3. The van der Waals surface area contributed by atoms with Gasteiger partial charge in [0.05, 0.1) is 21.9 Å². The highest BCUT2D eigenvalue weighted by atomic mass is 32.2. The van der Waals surface area contributed by atoms with Crippen LogP contribution >= 0.6 is 11.8 Å². The molecule has 2 aromatic rings. The molecule has 0 aliphatic carbocycles. The molecule has 1 heterocycles. The molecule has 1 aliphatic rings. The number of rotatable bonds is 6. The number of carbonyl (C=O) groups is 2. The van der Waals surface area contributed by atoms with Crippen LogP contribution < -0.4 is 10.6 Å². The molecule has 9 nitrogen and oxygen atoms in total. The van der Waals surface area contributed by atoms with Crippen LogP contribution in [0, 0.1) is 10.1 Å².